The first-order valence-corrected chi connectivity index (χ1v) is 11.6. The summed E-state index contributed by atoms with van der Waals surface area (Å²) in [5.74, 6) is 1.88. The SMILES string of the molecule is COc1ccc(CCC(=O)N2CCCC(c3ncc(C(=O)N4CCCC4)c(C)n3)C2)cc1. The molecule has 2 fully saturated rings. The fraction of sp³-hybridized carbons (Fsp3) is 0.520. The maximum absolute atomic E-state index is 12.8. The van der Waals surface area contributed by atoms with Gasteiger partial charge in [0.15, 0.2) is 0 Å². The molecule has 0 spiro atoms. The zero-order chi connectivity index (χ0) is 22.5. The van der Waals surface area contributed by atoms with Gasteiger partial charge in [-0.15, -0.1) is 0 Å². The summed E-state index contributed by atoms with van der Waals surface area (Å²) in [7, 11) is 1.65. The number of amides is 2. The second kappa shape index (κ2) is 10.1. The first-order chi connectivity index (χ1) is 15.5. The molecule has 0 bridgehead atoms. The first-order valence-electron chi connectivity index (χ1n) is 11.6. The van der Waals surface area contributed by atoms with Gasteiger partial charge in [0.05, 0.1) is 18.4 Å². The lowest BCUT2D eigenvalue weighted by Gasteiger charge is -2.32. The van der Waals surface area contributed by atoms with Gasteiger partial charge in [-0.05, 0) is 56.7 Å². The van der Waals surface area contributed by atoms with Crippen LogP contribution in [-0.2, 0) is 11.2 Å². The van der Waals surface area contributed by atoms with Crippen molar-refractivity contribution in [1.82, 2.24) is 19.8 Å². The second-order valence-electron chi connectivity index (χ2n) is 8.75. The Morgan fingerprint density at radius 1 is 1.06 bits per heavy atom. The molecular weight excluding hydrogens is 404 g/mol. The van der Waals surface area contributed by atoms with E-state index in [2.05, 4.69) is 9.97 Å². The standard InChI is InChI=1S/C25H32N4O3/c1-18-22(25(31)28-13-3-4-14-28)16-26-24(27-18)20-6-5-15-29(17-20)23(30)12-9-19-7-10-21(32-2)11-8-19/h7-8,10-11,16,20H,3-6,9,12-15,17H2,1-2H3. The van der Waals surface area contributed by atoms with Crippen LogP contribution in [0, 0.1) is 6.92 Å². The minimum Gasteiger partial charge on any atom is -0.497 e. The lowest BCUT2D eigenvalue weighted by atomic mass is 9.96. The van der Waals surface area contributed by atoms with Gasteiger partial charge in [0.2, 0.25) is 5.91 Å². The van der Waals surface area contributed by atoms with Crippen LogP contribution in [0.15, 0.2) is 30.5 Å². The molecule has 2 aliphatic rings. The fourth-order valence-corrected chi connectivity index (χ4v) is 4.60. The number of piperidine rings is 1. The molecule has 32 heavy (non-hydrogen) atoms. The maximum Gasteiger partial charge on any atom is 0.257 e. The Labute approximate surface area is 189 Å². The van der Waals surface area contributed by atoms with Gasteiger partial charge in [-0.1, -0.05) is 12.1 Å². The fourth-order valence-electron chi connectivity index (χ4n) is 4.60. The summed E-state index contributed by atoms with van der Waals surface area (Å²) in [6.45, 7) is 4.93. The molecule has 0 N–H and O–H groups in total. The highest BCUT2D eigenvalue weighted by atomic mass is 16.5. The summed E-state index contributed by atoms with van der Waals surface area (Å²) < 4.78 is 5.19. The number of carbonyl (C=O) groups excluding carboxylic acids is 2. The van der Waals surface area contributed by atoms with Gasteiger partial charge in [0.1, 0.15) is 11.6 Å². The summed E-state index contributed by atoms with van der Waals surface area (Å²) in [6, 6.07) is 7.86. The van der Waals surface area contributed by atoms with Crippen molar-refractivity contribution >= 4 is 11.8 Å². The largest absolute Gasteiger partial charge is 0.497 e. The molecule has 1 aromatic heterocycles. The Balaban J connectivity index is 1.36. The van der Waals surface area contributed by atoms with Crippen molar-refractivity contribution in [3.05, 3.63) is 53.1 Å². The molecule has 7 heteroatoms. The Kier molecular flexibility index (Phi) is 7.02. The van der Waals surface area contributed by atoms with Crippen molar-refractivity contribution in [2.45, 2.75) is 51.4 Å². The molecule has 1 unspecified atom stereocenters. The monoisotopic (exact) mass is 436 g/mol. The molecule has 2 amide bonds. The smallest absolute Gasteiger partial charge is 0.257 e. The van der Waals surface area contributed by atoms with Crippen molar-refractivity contribution in [1.29, 1.82) is 0 Å². The number of aromatic nitrogens is 2. The van der Waals surface area contributed by atoms with Crippen molar-refractivity contribution in [2.24, 2.45) is 0 Å². The first kappa shape index (κ1) is 22.2. The summed E-state index contributed by atoms with van der Waals surface area (Å²) in [5, 5.41) is 0. The molecule has 2 aliphatic heterocycles. The highest BCUT2D eigenvalue weighted by Gasteiger charge is 2.28. The van der Waals surface area contributed by atoms with Crippen LogP contribution in [0.25, 0.3) is 0 Å². The molecule has 170 valence electrons. The Hall–Kier alpha value is -2.96. The van der Waals surface area contributed by atoms with E-state index in [1.807, 2.05) is 41.0 Å². The number of methoxy groups -OCH3 is 1. The lowest BCUT2D eigenvalue weighted by molar-refractivity contribution is -0.132. The summed E-state index contributed by atoms with van der Waals surface area (Å²) in [4.78, 5) is 38.6. The number of benzene rings is 1. The average Bonchev–Trinajstić information content (AvgIpc) is 3.37. The van der Waals surface area contributed by atoms with Crippen LogP contribution in [0.4, 0.5) is 0 Å². The zero-order valence-electron chi connectivity index (χ0n) is 19.0. The van der Waals surface area contributed by atoms with Gasteiger partial charge < -0.3 is 14.5 Å². The number of aryl methyl sites for hydroxylation is 2. The van der Waals surface area contributed by atoms with Crippen molar-refractivity contribution in [2.75, 3.05) is 33.3 Å². The molecule has 2 aromatic rings. The predicted molar refractivity (Wildman–Crippen MR) is 122 cm³/mol. The minimum atomic E-state index is 0.0329. The highest BCUT2D eigenvalue weighted by Crippen LogP contribution is 2.26. The van der Waals surface area contributed by atoms with E-state index >= 15 is 0 Å². The molecule has 1 aromatic carbocycles. The number of likely N-dealkylation sites (tertiary alicyclic amines) is 2. The van der Waals surface area contributed by atoms with Crippen LogP contribution in [0.5, 0.6) is 5.75 Å². The molecule has 1 atom stereocenters. The molecule has 0 aliphatic carbocycles. The lowest BCUT2D eigenvalue weighted by Crippen LogP contribution is -2.39. The number of hydrogen-bond acceptors (Lipinski definition) is 5. The van der Waals surface area contributed by atoms with Crippen molar-refractivity contribution in [3.8, 4) is 5.75 Å². The Bertz CT molecular complexity index is 954. The van der Waals surface area contributed by atoms with E-state index < -0.39 is 0 Å². The van der Waals surface area contributed by atoms with Crippen LogP contribution in [0.1, 0.15) is 65.5 Å². The molecule has 0 saturated carbocycles. The van der Waals surface area contributed by atoms with Crippen LogP contribution >= 0.6 is 0 Å². The number of ether oxygens (including phenoxy) is 1. The number of rotatable bonds is 6. The topological polar surface area (TPSA) is 75.6 Å². The third-order valence-corrected chi connectivity index (χ3v) is 6.55. The average molecular weight is 437 g/mol. The third-order valence-electron chi connectivity index (χ3n) is 6.55. The van der Waals surface area contributed by atoms with E-state index in [1.54, 1.807) is 13.3 Å². The van der Waals surface area contributed by atoms with Gasteiger partial charge in [-0.25, -0.2) is 9.97 Å². The van der Waals surface area contributed by atoms with Crippen LogP contribution in [0.2, 0.25) is 0 Å². The van der Waals surface area contributed by atoms with E-state index in [0.29, 0.717) is 24.9 Å². The molecular formula is C25H32N4O3. The van der Waals surface area contributed by atoms with Crippen LogP contribution in [-0.4, -0.2) is 64.9 Å². The molecule has 7 nitrogen and oxygen atoms in total. The van der Waals surface area contributed by atoms with Gasteiger partial charge in [0, 0.05) is 44.7 Å². The van der Waals surface area contributed by atoms with Crippen LogP contribution in [0.3, 0.4) is 0 Å². The highest BCUT2D eigenvalue weighted by molar-refractivity contribution is 5.95. The molecule has 0 radical (unpaired) electrons. The third kappa shape index (κ3) is 5.09. The number of nitrogens with zero attached hydrogens (tertiary/aromatic N) is 4. The number of carbonyl (C=O) groups is 2. The summed E-state index contributed by atoms with van der Waals surface area (Å²) >= 11 is 0. The zero-order valence-corrected chi connectivity index (χ0v) is 19.0. The van der Waals surface area contributed by atoms with E-state index in [1.165, 1.54) is 0 Å². The minimum absolute atomic E-state index is 0.0329. The second-order valence-corrected chi connectivity index (χ2v) is 8.75. The van der Waals surface area contributed by atoms with Gasteiger partial charge >= 0.3 is 0 Å². The van der Waals surface area contributed by atoms with E-state index in [9.17, 15) is 9.59 Å². The van der Waals surface area contributed by atoms with E-state index in [4.69, 9.17) is 4.74 Å². The summed E-state index contributed by atoms with van der Waals surface area (Å²) in [6.07, 6.45) is 6.91. The Morgan fingerprint density at radius 2 is 1.78 bits per heavy atom. The molecule has 2 saturated heterocycles. The normalized spacial score (nSPS) is 18.6. The van der Waals surface area contributed by atoms with Crippen LogP contribution < -0.4 is 4.74 Å². The van der Waals surface area contributed by atoms with E-state index in [0.717, 1.165) is 68.1 Å². The van der Waals surface area contributed by atoms with Gasteiger partial charge in [-0.2, -0.15) is 0 Å². The van der Waals surface area contributed by atoms with Crippen molar-refractivity contribution in [3.63, 3.8) is 0 Å². The quantitative estimate of drug-likeness (QED) is 0.694. The van der Waals surface area contributed by atoms with E-state index in [-0.39, 0.29) is 17.7 Å². The molecule has 3 heterocycles. The summed E-state index contributed by atoms with van der Waals surface area (Å²) in [5.41, 5.74) is 2.46. The molecule has 4 rings (SSSR count). The van der Waals surface area contributed by atoms with Gasteiger partial charge in [0.25, 0.3) is 5.91 Å². The number of hydrogen-bond donors (Lipinski definition) is 0. The predicted octanol–water partition coefficient (Wildman–Crippen LogP) is 3.37. The van der Waals surface area contributed by atoms with Crippen molar-refractivity contribution < 1.29 is 14.3 Å². The van der Waals surface area contributed by atoms with Gasteiger partial charge in [-0.3, -0.25) is 9.59 Å². The Morgan fingerprint density at radius 3 is 2.47 bits per heavy atom. The maximum atomic E-state index is 12.8.